The summed E-state index contributed by atoms with van der Waals surface area (Å²) in [6.07, 6.45) is 0.973. The summed E-state index contributed by atoms with van der Waals surface area (Å²) in [5.41, 5.74) is 0.933. The van der Waals surface area contributed by atoms with E-state index in [1.807, 2.05) is 6.07 Å². The number of carbonyl (C=O) groups is 2. The first kappa shape index (κ1) is 19.6. The number of ether oxygens (including phenoxy) is 1. The topological polar surface area (TPSA) is 101 Å². The summed E-state index contributed by atoms with van der Waals surface area (Å²) in [5, 5.41) is 3.61. The van der Waals surface area contributed by atoms with Crippen LogP contribution in [0.25, 0.3) is 10.9 Å². The van der Waals surface area contributed by atoms with Gasteiger partial charge in [0.2, 0.25) is 0 Å². The van der Waals surface area contributed by atoms with Crippen LogP contribution in [0.4, 0.5) is 5.69 Å². The number of aryl methyl sites for hydroxylation is 1. The largest absolute Gasteiger partial charge is 0.456 e. The normalized spacial score (nSPS) is 10.6. The molecule has 0 aliphatic carbocycles. The van der Waals surface area contributed by atoms with E-state index in [0.717, 1.165) is 0 Å². The summed E-state index contributed by atoms with van der Waals surface area (Å²) < 4.78 is 4.96. The molecule has 3 aromatic rings. The van der Waals surface area contributed by atoms with Gasteiger partial charge in [0.05, 0.1) is 10.9 Å². The zero-order chi connectivity index (χ0) is 19.9. The number of rotatable bonds is 7. The van der Waals surface area contributed by atoms with Gasteiger partial charge in [0.15, 0.2) is 6.61 Å². The number of nitrogens with one attached hydrogen (secondary N) is 2. The first-order chi connectivity index (χ1) is 13.5. The predicted octanol–water partition coefficient (Wildman–Crippen LogP) is 3.08. The molecule has 0 atom stereocenters. The third-order valence-electron chi connectivity index (χ3n) is 3.93. The van der Waals surface area contributed by atoms with Gasteiger partial charge < -0.3 is 15.0 Å². The highest BCUT2D eigenvalue weighted by Crippen LogP contribution is 2.14. The molecule has 0 saturated heterocycles. The van der Waals surface area contributed by atoms with Crippen LogP contribution < -0.4 is 10.9 Å². The minimum absolute atomic E-state index is 0.112. The van der Waals surface area contributed by atoms with Gasteiger partial charge in [0.1, 0.15) is 5.82 Å². The maximum atomic E-state index is 12.0. The van der Waals surface area contributed by atoms with Crippen LogP contribution in [0, 0.1) is 0 Å². The summed E-state index contributed by atoms with van der Waals surface area (Å²) in [5.74, 6) is -0.435. The third-order valence-corrected chi connectivity index (χ3v) is 4.16. The lowest BCUT2D eigenvalue weighted by Gasteiger charge is -2.07. The van der Waals surface area contributed by atoms with Crippen LogP contribution in [0.1, 0.15) is 18.7 Å². The number of aromatic nitrogens is 2. The van der Waals surface area contributed by atoms with Gasteiger partial charge in [-0.15, -0.1) is 0 Å². The Morgan fingerprint density at radius 1 is 1.14 bits per heavy atom. The smallest absolute Gasteiger partial charge is 0.306 e. The Morgan fingerprint density at radius 2 is 1.96 bits per heavy atom. The Morgan fingerprint density at radius 3 is 2.79 bits per heavy atom. The highest BCUT2D eigenvalue weighted by Gasteiger charge is 2.09. The van der Waals surface area contributed by atoms with Crippen molar-refractivity contribution >= 4 is 40.1 Å². The quantitative estimate of drug-likeness (QED) is 0.594. The lowest BCUT2D eigenvalue weighted by atomic mass is 10.2. The number of halogens is 1. The van der Waals surface area contributed by atoms with E-state index in [2.05, 4.69) is 15.3 Å². The molecule has 2 aromatic carbocycles. The number of aromatic amines is 1. The summed E-state index contributed by atoms with van der Waals surface area (Å²) in [4.78, 5) is 42.7. The number of H-pyrrole nitrogens is 1. The second-order valence-electron chi connectivity index (χ2n) is 6.10. The van der Waals surface area contributed by atoms with Crippen LogP contribution in [0.2, 0.25) is 5.02 Å². The van der Waals surface area contributed by atoms with Gasteiger partial charge in [-0.25, -0.2) is 4.98 Å². The number of esters is 1. The molecule has 144 valence electrons. The number of carbonyl (C=O) groups excluding carboxylic acids is 2. The van der Waals surface area contributed by atoms with Gasteiger partial charge in [-0.2, -0.15) is 0 Å². The first-order valence-corrected chi connectivity index (χ1v) is 9.08. The van der Waals surface area contributed by atoms with Crippen molar-refractivity contribution in [3.63, 3.8) is 0 Å². The van der Waals surface area contributed by atoms with E-state index in [0.29, 0.717) is 40.3 Å². The molecule has 0 bridgehead atoms. The van der Waals surface area contributed by atoms with Crippen molar-refractivity contribution in [1.29, 1.82) is 0 Å². The highest BCUT2D eigenvalue weighted by atomic mass is 35.5. The number of anilines is 1. The van der Waals surface area contributed by atoms with Crippen molar-refractivity contribution in [2.75, 3.05) is 11.9 Å². The van der Waals surface area contributed by atoms with Gasteiger partial charge in [0, 0.05) is 23.6 Å². The third kappa shape index (κ3) is 5.40. The Labute approximate surface area is 165 Å². The Bertz CT molecular complexity index is 1060. The predicted molar refractivity (Wildman–Crippen MR) is 106 cm³/mol. The zero-order valence-corrected chi connectivity index (χ0v) is 15.7. The van der Waals surface area contributed by atoms with Crippen molar-refractivity contribution in [3.05, 3.63) is 69.7 Å². The van der Waals surface area contributed by atoms with Crippen LogP contribution in [0.15, 0.2) is 53.3 Å². The highest BCUT2D eigenvalue weighted by molar-refractivity contribution is 6.30. The van der Waals surface area contributed by atoms with E-state index >= 15 is 0 Å². The van der Waals surface area contributed by atoms with Crippen LogP contribution in [-0.2, 0) is 20.7 Å². The molecule has 0 aliphatic heterocycles. The number of nitrogens with zero attached hydrogens (tertiary/aromatic N) is 1. The Kier molecular flexibility index (Phi) is 6.39. The number of para-hydroxylation sites is 1. The lowest BCUT2D eigenvalue weighted by Crippen LogP contribution is -2.21. The second-order valence-corrected chi connectivity index (χ2v) is 6.54. The molecule has 0 saturated carbocycles. The standard InChI is InChI=1S/C20H18ClN3O4/c21-13-5-3-6-14(11-13)22-18(25)12-28-19(26)10-4-9-17-23-16-8-2-1-7-15(16)20(27)24-17/h1-3,5-8,11H,4,9-10,12H2,(H,22,25)(H,23,24,27). The molecular formula is C20H18ClN3O4. The number of fused-ring (bicyclic) bond motifs is 1. The molecule has 7 nitrogen and oxygen atoms in total. The van der Waals surface area contributed by atoms with Gasteiger partial charge in [-0.1, -0.05) is 29.8 Å². The van der Waals surface area contributed by atoms with Gasteiger partial charge in [-0.05, 0) is 36.8 Å². The first-order valence-electron chi connectivity index (χ1n) is 8.70. The van der Waals surface area contributed by atoms with Gasteiger partial charge >= 0.3 is 5.97 Å². The summed E-state index contributed by atoms with van der Waals surface area (Å²) in [6.45, 7) is -0.379. The van der Waals surface area contributed by atoms with Crippen LogP contribution >= 0.6 is 11.6 Å². The van der Waals surface area contributed by atoms with Gasteiger partial charge in [0.25, 0.3) is 11.5 Å². The monoisotopic (exact) mass is 399 g/mol. The molecule has 2 N–H and O–H groups in total. The maximum absolute atomic E-state index is 12.0. The molecule has 0 aliphatic rings. The minimum atomic E-state index is -0.496. The molecule has 28 heavy (non-hydrogen) atoms. The van der Waals surface area contributed by atoms with Crippen molar-refractivity contribution in [2.45, 2.75) is 19.3 Å². The molecule has 0 unspecified atom stereocenters. The fourth-order valence-corrected chi connectivity index (χ4v) is 2.83. The molecule has 3 rings (SSSR count). The number of amides is 1. The maximum Gasteiger partial charge on any atom is 0.306 e. The van der Waals surface area contributed by atoms with E-state index in [9.17, 15) is 14.4 Å². The minimum Gasteiger partial charge on any atom is -0.456 e. The number of benzene rings is 2. The molecule has 1 heterocycles. The van der Waals surface area contributed by atoms with E-state index in [-0.39, 0.29) is 18.6 Å². The summed E-state index contributed by atoms with van der Waals surface area (Å²) in [6, 6.07) is 13.7. The van der Waals surface area contributed by atoms with Crippen molar-refractivity contribution in [1.82, 2.24) is 9.97 Å². The molecular weight excluding hydrogens is 382 g/mol. The van der Waals surface area contributed by atoms with E-state index in [1.54, 1.807) is 42.5 Å². The van der Waals surface area contributed by atoms with Crippen LogP contribution in [0.3, 0.4) is 0 Å². The second kappa shape index (κ2) is 9.14. The average molecular weight is 400 g/mol. The fraction of sp³-hybridized carbons (Fsp3) is 0.200. The Balaban J connectivity index is 1.43. The lowest BCUT2D eigenvalue weighted by molar-refractivity contribution is -0.147. The van der Waals surface area contributed by atoms with Crippen LogP contribution in [0.5, 0.6) is 0 Å². The van der Waals surface area contributed by atoms with Crippen molar-refractivity contribution < 1.29 is 14.3 Å². The van der Waals surface area contributed by atoms with Crippen LogP contribution in [-0.4, -0.2) is 28.5 Å². The molecule has 0 spiro atoms. The fourth-order valence-electron chi connectivity index (χ4n) is 2.63. The molecule has 1 amide bonds. The average Bonchev–Trinajstić information content (AvgIpc) is 2.66. The number of hydrogen-bond acceptors (Lipinski definition) is 5. The number of hydrogen-bond donors (Lipinski definition) is 2. The van der Waals surface area contributed by atoms with E-state index in [4.69, 9.17) is 16.3 Å². The van der Waals surface area contributed by atoms with E-state index < -0.39 is 11.9 Å². The molecule has 8 heteroatoms. The molecule has 1 aromatic heterocycles. The summed E-state index contributed by atoms with van der Waals surface area (Å²) >= 11 is 5.84. The summed E-state index contributed by atoms with van der Waals surface area (Å²) in [7, 11) is 0. The van der Waals surface area contributed by atoms with Crippen molar-refractivity contribution in [2.24, 2.45) is 0 Å². The van der Waals surface area contributed by atoms with Crippen molar-refractivity contribution in [3.8, 4) is 0 Å². The molecule has 0 radical (unpaired) electrons. The van der Waals surface area contributed by atoms with E-state index in [1.165, 1.54) is 0 Å². The SMILES string of the molecule is O=C(COC(=O)CCCc1nc2ccccc2c(=O)[nH]1)Nc1cccc(Cl)c1. The Hall–Kier alpha value is -3.19. The zero-order valence-electron chi connectivity index (χ0n) is 14.9. The van der Waals surface area contributed by atoms with Gasteiger partial charge in [-0.3, -0.25) is 14.4 Å². The molecule has 0 fully saturated rings.